The fourth-order valence-electron chi connectivity index (χ4n) is 10.9. The molecule has 0 aliphatic heterocycles. The van der Waals surface area contributed by atoms with Crippen LogP contribution in [0.25, 0.3) is 121 Å². The van der Waals surface area contributed by atoms with Crippen LogP contribution in [0.1, 0.15) is 0 Å². The molecular weight excluding hydrogens is 777 g/mol. The first-order valence-corrected chi connectivity index (χ1v) is 22.0. The van der Waals surface area contributed by atoms with Crippen LogP contribution >= 0.6 is 0 Å². The molecule has 4 heteroatoms. The van der Waals surface area contributed by atoms with Crippen molar-refractivity contribution in [1.29, 1.82) is 0 Å². The molecule has 4 aromatic heterocycles. The van der Waals surface area contributed by atoms with Gasteiger partial charge in [0.05, 0.1) is 44.1 Å². The van der Waals surface area contributed by atoms with Crippen LogP contribution in [-0.4, -0.2) is 18.3 Å². The summed E-state index contributed by atoms with van der Waals surface area (Å²) in [5.41, 5.74) is 16.5. The van der Waals surface area contributed by atoms with Crippen molar-refractivity contribution in [2.24, 2.45) is 0 Å². The van der Waals surface area contributed by atoms with E-state index in [1.807, 2.05) is 0 Å². The van der Waals surface area contributed by atoms with Crippen LogP contribution in [0, 0.1) is 0 Å². The van der Waals surface area contributed by atoms with Gasteiger partial charge in [0.2, 0.25) is 0 Å². The Morgan fingerprint density at radius 2 is 0.547 bits per heavy atom. The van der Waals surface area contributed by atoms with Crippen molar-refractivity contribution >= 4 is 87.2 Å². The predicted octanol–water partition coefficient (Wildman–Crippen LogP) is 15.7. The van der Waals surface area contributed by atoms with E-state index in [1.165, 1.54) is 87.2 Å². The normalized spacial score (nSPS) is 12.1. The van der Waals surface area contributed by atoms with E-state index in [1.54, 1.807) is 0 Å². The van der Waals surface area contributed by atoms with Gasteiger partial charge in [0.15, 0.2) is 0 Å². The first kappa shape index (κ1) is 35.0. The molecule has 14 aromatic rings. The summed E-state index contributed by atoms with van der Waals surface area (Å²) in [6, 6.07) is 84.4. The van der Waals surface area contributed by atoms with Crippen molar-refractivity contribution in [1.82, 2.24) is 18.3 Å². The zero-order valence-corrected chi connectivity index (χ0v) is 34.7. The lowest BCUT2D eigenvalue weighted by atomic mass is 10.0. The highest BCUT2D eigenvalue weighted by atomic mass is 15.0. The number of rotatable bonds is 5. The zero-order chi connectivity index (χ0) is 41.9. The van der Waals surface area contributed by atoms with Crippen LogP contribution in [-0.2, 0) is 0 Å². The van der Waals surface area contributed by atoms with Crippen molar-refractivity contribution in [2.45, 2.75) is 0 Å². The lowest BCUT2D eigenvalue weighted by Crippen LogP contribution is -1.97. The van der Waals surface area contributed by atoms with Gasteiger partial charge in [0.1, 0.15) is 0 Å². The minimum atomic E-state index is 1.13. The standard InChI is InChI=1S/C60H38N4/c1-3-19-41(20-4-1)61-53-31-13-9-27-49(53)57-55(61)35-33-47-45-25-7-11-29-51(45)63(59(47)57)43-23-15-17-39(37-43)40-18-16-24-44(38-40)64-52-30-12-8-26-46(52)48-34-36-56-58(60(48)64)50-28-10-14-32-54(50)62(56)42-21-5-2-6-22-42/h1-38H. The zero-order valence-electron chi connectivity index (χ0n) is 34.7. The van der Waals surface area contributed by atoms with E-state index in [4.69, 9.17) is 0 Å². The molecule has 0 N–H and O–H groups in total. The van der Waals surface area contributed by atoms with Crippen molar-refractivity contribution in [3.63, 3.8) is 0 Å². The van der Waals surface area contributed by atoms with E-state index in [0.717, 1.165) is 33.9 Å². The highest BCUT2D eigenvalue weighted by Gasteiger charge is 2.23. The van der Waals surface area contributed by atoms with Gasteiger partial charge in [0.25, 0.3) is 0 Å². The predicted molar refractivity (Wildman–Crippen MR) is 269 cm³/mol. The van der Waals surface area contributed by atoms with Crippen LogP contribution < -0.4 is 0 Å². The van der Waals surface area contributed by atoms with Crippen molar-refractivity contribution in [2.75, 3.05) is 0 Å². The molecule has 0 aliphatic rings. The van der Waals surface area contributed by atoms with E-state index >= 15 is 0 Å². The van der Waals surface area contributed by atoms with Crippen LogP contribution in [0.2, 0.25) is 0 Å². The molecule has 64 heavy (non-hydrogen) atoms. The largest absolute Gasteiger partial charge is 0.309 e. The number of para-hydroxylation sites is 6. The molecule has 0 bridgehead atoms. The van der Waals surface area contributed by atoms with E-state index < -0.39 is 0 Å². The molecule has 0 atom stereocenters. The molecular formula is C60H38N4. The molecule has 4 nitrogen and oxygen atoms in total. The molecule has 10 aromatic carbocycles. The molecule has 0 saturated heterocycles. The minimum absolute atomic E-state index is 1.13. The summed E-state index contributed by atoms with van der Waals surface area (Å²) in [6.07, 6.45) is 0. The molecule has 0 aliphatic carbocycles. The van der Waals surface area contributed by atoms with Crippen molar-refractivity contribution < 1.29 is 0 Å². The average molecular weight is 815 g/mol. The number of aromatic nitrogens is 4. The Kier molecular flexibility index (Phi) is 7.36. The molecule has 0 radical (unpaired) electrons. The Hall–Kier alpha value is -8.60. The summed E-state index contributed by atoms with van der Waals surface area (Å²) in [5.74, 6) is 0. The SMILES string of the molecule is c1ccc(-n2c3ccccc3c3c2ccc2c4ccccc4n(-c4cccc(-c5cccc(-n6c7ccccc7c7ccc8c(c9ccccc9n8-c8ccccc8)c76)c5)c4)c23)cc1. The lowest BCUT2D eigenvalue weighted by Gasteiger charge is -2.14. The van der Waals surface area contributed by atoms with Gasteiger partial charge in [0, 0.05) is 65.8 Å². The number of hydrogen-bond donors (Lipinski definition) is 0. The van der Waals surface area contributed by atoms with Crippen LogP contribution in [0.3, 0.4) is 0 Å². The quantitative estimate of drug-likeness (QED) is 0.165. The summed E-state index contributed by atoms with van der Waals surface area (Å²) in [7, 11) is 0. The van der Waals surface area contributed by atoms with Gasteiger partial charge in [-0.15, -0.1) is 0 Å². The van der Waals surface area contributed by atoms with E-state index in [0.29, 0.717) is 0 Å². The lowest BCUT2D eigenvalue weighted by molar-refractivity contribution is 1.17. The third-order valence-corrected chi connectivity index (χ3v) is 13.5. The average Bonchev–Trinajstić information content (AvgIpc) is 4.09. The summed E-state index contributed by atoms with van der Waals surface area (Å²) in [6.45, 7) is 0. The molecule has 0 amide bonds. The second kappa shape index (κ2) is 13.4. The van der Waals surface area contributed by atoms with Crippen LogP contribution in [0.15, 0.2) is 231 Å². The topological polar surface area (TPSA) is 19.7 Å². The first-order chi connectivity index (χ1) is 31.8. The molecule has 0 spiro atoms. The second-order valence-corrected chi connectivity index (χ2v) is 16.9. The Balaban J connectivity index is 1.00. The third kappa shape index (κ3) is 4.88. The summed E-state index contributed by atoms with van der Waals surface area (Å²) < 4.78 is 9.81. The molecule has 4 heterocycles. The van der Waals surface area contributed by atoms with Crippen LogP contribution in [0.4, 0.5) is 0 Å². The summed E-state index contributed by atoms with van der Waals surface area (Å²) in [5, 5.41) is 9.98. The highest BCUT2D eigenvalue weighted by molar-refractivity contribution is 6.27. The van der Waals surface area contributed by atoms with Gasteiger partial charge in [-0.3, -0.25) is 0 Å². The van der Waals surface area contributed by atoms with Crippen LogP contribution in [0.5, 0.6) is 0 Å². The number of hydrogen-bond acceptors (Lipinski definition) is 0. The Morgan fingerprint density at radius 1 is 0.203 bits per heavy atom. The van der Waals surface area contributed by atoms with Gasteiger partial charge >= 0.3 is 0 Å². The highest BCUT2D eigenvalue weighted by Crippen LogP contribution is 2.44. The minimum Gasteiger partial charge on any atom is -0.309 e. The Morgan fingerprint density at radius 3 is 0.969 bits per heavy atom. The van der Waals surface area contributed by atoms with Crippen molar-refractivity contribution in [3.8, 4) is 33.9 Å². The molecule has 0 fully saturated rings. The molecule has 14 rings (SSSR count). The van der Waals surface area contributed by atoms with Gasteiger partial charge in [-0.1, -0.05) is 146 Å². The van der Waals surface area contributed by atoms with E-state index in [-0.39, 0.29) is 0 Å². The number of fused-ring (bicyclic) bond motifs is 14. The van der Waals surface area contributed by atoms with E-state index in [9.17, 15) is 0 Å². The molecule has 0 saturated carbocycles. The second-order valence-electron chi connectivity index (χ2n) is 16.9. The maximum atomic E-state index is 2.49. The molecule has 298 valence electrons. The summed E-state index contributed by atoms with van der Waals surface area (Å²) >= 11 is 0. The first-order valence-electron chi connectivity index (χ1n) is 22.0. The van der Waals surface area contributed by atoms with E-state index in [2.05, 4.69) is 249 Å². The fraction of sp³-hybridized carbons (Fsp3) is 0. The Labute approximate surface area is 368 Å². The smallest absolute Gasteiger partial charge is 0.0641 e. The Bertz CT molecular complexity index is 3910. The number of benzene rings is 10. The van der Waals surface area contributed by atoms with Gasteiger partial charge in [-0.2, -0.15) is 0 Å². The molecule has 0 unspecified atom stereocenters. The third-order valence-electron chi connectivity index (χ3n) is 13.5. The fourth-order valence-corrected chi connectivity index (χ4v) is 10.9. The maximum absolute atomic E-state index is 2.49. The number of nitrogens with zero attached hydrogens (tertiary/aromatic N) is 4. The summed E-state index contributed by atoms with van der Waals surface area (Å²) in [4.78, 5) is 0. The van der Waals surface area contributed by atoms with Gasteiger partial charge in [-0.25, -0.2) is 0 Å². The monoisotopic (exact) mass is 814 g/mol. The van der Waals surface area contributed by atoms with Gasteiger partial charge < -0.3 is 18.3 Å². The van der Waals surface area contributed by atoms with Crippen molar-refractivity contribution in [3.05, 3.63) is 231 Å². The maximum Gasteiger partial charge on any atom is 0.0641 e. The van der Waals surface area contributed by atoms with Gasteiger partial charge in [-0.05, 0) is 96.1 Å².